The first-order chi connectivity index (χ1) is 10.8. The van der Waals surface area contributed by atoms with Crippen molar-refractivity contribution in [2.45, 2.75) is 28.2 Å². The highest BCUT2D eigenvalue weighted by Gasteiger charge is 2.24. The van der Waals surface area contributed by atoms with Crippen molar-refractivity contribution >= 4 is 11.6 Å². The summed E-state index contributed by atoms with van der Waals surface area (Å²) >= 11 is 0. The van der Waals surface area contributed by atoms with Gasteiger partial charge in [0.05, 0.1) is 23.5 Å². The molecule has 2 rings (SSSR count). The van der Waals surface area contributed by atoms with E-state index >= 15 is 0 Å². The summed E-state index contributed by atoms with van der Waals surface area (Å²) in [5.74, 6) is 0.328. The van der Waals surface area contributed by atoms with Gasteiger partial charge in [-0.05, 0) is 32.9 Å². The Hall–Kier alpha value is -2.83. The van der Waals surface area contributed by atoms with Gasteiger partial charge < -0.3 is 10.5 Å². The number of Topliss-reactive ketones (excluding diaryl/α,β-unsaturated/α-hetero) is 1. The summed E-state index contributed by atoms with van der Waals surface area (Å²) in [7, 11) is 0. The molecular formula is C17H23N5O2. The largest absolute Gasteiger partial charge is 0.476 e. The van der Waals surface area contributed by atoms with Crippen LogP contribution in [0.1, 0.15) is 33.9 Å². The van der Waals surface area contributed by atoms with Crippen molar-refractivity contribution in [3.05, 3.63) is 36.4 Å². The molecule has 0 radical (unpaired) electrons. The van der Waals surface area contributed by atoms with Gasteiger partial charge in [0.25, 0.3) is 0 Å². The molecule has 0 saturated heterocycles. The van der Waals surface area contributed by atoms with Crippen LogP contribution in [0.3, 0.4) is 0 Å². The average molecular weight is 329 g/mol. The number of hydrogen-bond acceptors (Lipinski definition) is 6. The number of ether oxygens (including phenoxy) is 1. The van der Waals surface area contributed by atoms with Crippen LogP contribution in [0.5, 0.6) is 5.88 Å². The van der Waals surface area contributed by atoms with Crippen LogP contribution in [0, 0.1) is 10.8 Å². The minimum atomic E-state index is -0.563. The normalized spacial score (nSPS) is 10.6. The van der Waals surface area contributed by atoms with E-state index in [1.807, 2.05) is 13.8 Å². The maximum atomic E-state index is 11.5. The fourth-order valence-corrected chi connectivity index (χ4v) is 1.60. The Morgan fingerprint density at radius 2 is 1.92 bits per heavy atom. The fraction of sp³-hybridized carbons (Fsp3) is 0.353. The molecule has 0 fully saturated rings. The van der Waals surface area contributed by atoms with Gasteiger partial charge in [-0.2, -0.15) is 0 Å². The number of nitrogen functional groups attached to an aromatic ring is 1. The summed E-state index contributed by atoms with van der Waals surface area (Å²) in [6, 6.07) is 3.42. The summed E-state index contributed by atoms with van der Waals surface area (Å²) in [4.78, 5) is 24.0. The summed E-state index contributed by atoms with van der Waals surface area (Å²) in [5, 5.41) is 7.31. The number of aromatic nitrogens is 3. The maximum Gasteiger partial charge on any atom is 0.232 e. The molecule has 7 nitrogen and oxygen atoms in total. The van der Waals surface area contributed by atoms with Crippen LogP contribution in [0.25, 0.3) is 11.3 Å². The predicted molar refractivity (Wildman–Crippen MR) is 93.0 cm³/mol. The van der Waals surface area contributed by atoms with E-state index in [0.29, 0.717) is 17.3 Å². The first-order valence-corrected chi connectivity index (χ1v) is 7.06. The third kappa shape index (κ3) is 4.58. The molecule has 0 aliphatic carbocycles. The number of nitrogens with two attached hydrogens (primary N) is 1. The lowest BCUT2D eigenvalue weighted by Crippen LogP contribution is -2.29. The van der Waals surface area contributed by atoms with Gasteiger partial charge >= 0.3 is 0 Å². The van der Waals surface area contributed by atoms with Crippen molar-refractivity contribution < 1.29 is 9.53 Å². The molecule has 2 aromatic heterocycles. The highest BCUT2D eigenvalue weighted by Crippen LogP contribution is 2.20. The molecule has 0 spiro atoms. The number of pyridine rings is 1. The van der Waals surface area contributed by atoms with Crippen LogP contribution in [0.15, 0.2) is 30.7 Å². The number of nitrogens with zero attached hydrogens (tertiary/aromatic N) is 3. The van der Waals surface area contributed by atoms with Crippen molar-refractivity contribution in [1.29, 1.82) is 5.41 Å². The van der Waals surface area contributed by atoms with Crippen LogP contribution < -0.4 is 10.5 Å². The van der Waals surface area contributed by atoms with E-state index in [0.717, 1.165) is 5.56 Å². The van der Waals surface area contributed by atoms with Crippen molar-refractivity contribution in [1.82, 2.24) is 15.0 Å². The molecule has 2 aromatic rings. The smallest absolute Gasteiger partial charge is 0.232 e. The van der Waals surface area contributed by atoms with Gasteiger partial charge in [-0.1, -0.05) is 7.43 Å². The first-order valence-electron chi connectivity index (χ1n) is 7.06. The topological polar surface area (TPSA) is 115 Å². The molecule has 0 aliphatic heterocycles. The van der Waals surface area contributed by atoms with Gasteiger partial charge in [0.1, 0.15) is 23.9 Å². The Kier molecular flexibility index (Phi) is 6.11. The van der Waals surface area contributed by atoms with E-state index in [1.165, 1.54) is 13.1 Å². The van der Waals surface area contributed by atoms with Crippen molar-refractivity contribution in [2.75, 3.05) is 6.61 Å². The fourth-order valence-electron chi connectivity index (χ4n) is 1.60. The molecule has 7 heteroatoms. The Morgan fingerprint density at radius 1 is 1.21 bits per heavy atom. The van der Waals surface area contributed by atoms with Crippen LogP contribution in [-0.2, 0) is 4.79 Å². The number of carbonyl (C=O) groups excluding carboxylic acids is 1. The first kappa shape index (κ1) is 19.2. The lowest BCUT2D eigenvalue weighted by Gasteiger charge is -2.20. The van der Waals surface area contributed by atoms with Gasteiger partial charge in [0, 0.05) is 11.8 Å². The van der Waals surface area contributed by atoms with Crippen LogP contribution in [0.2, 0.25) is 0 Å². The molecule has 0 unspecified atom stereocenters. The highest BCUT2D eigenvalue weighted by molar-refractivity contribution is 5.93. The number of hydrogen-bond donors (Lipinski definition) is 2. The second kappa shape index (κ2) is 7.63. The number of nitrogens with one attached hydrogen (secondary N) is 1. The Labute approximate surface area is 141 Å². The maximum absolute atomic E-state index is 11.5. The Balaban J connectivity index is 0.00000288. The second-order valence-corrected chi connectivity index (χ2v) is 5.81. The Morgan fingerprint density at radius 3 is 2.38 bits per heavy atom. The molecule has 0 amide bonds. The molecule has 0 aromatic carbocycles. The van der Waals surface area contributed by atoms with E-state index in [9.17, 15) is 4.79 Å². The number of carbonyl (C=O) groups is 1. The van der Waals surface area contributed by atoms with E-state index in [2.05, 4.69) is 15.0 Å². The van der Waals surface area contributed by atoms with Crippen LogP contribution in [0.4, 0.5) is 0 Å². The van der Waals surface area contributed by atoms with Crippen LogP contribution in [-0.4, -0.2) is 33.2 Å². The summed E-state index contributed by atoms with van der Waals surface area (Å²) < 4.78 is 5.52. The Bertz CT molecular complexity index is 709. The molecule has 0 aliphatic rings. The molecule has 24 heavy (non-hydrogen) atoms. The van der Waals surface area contributed by atoms with E-state index in [-0.39, 0.29) is 25.7 Å². The van der Waals surface area contributed by atoms with E-state index in [4.69, 9.17) is 15.9 Å². The molecule has 0 bridgehead atoms. The summed E-state index contributed by atoms with van der Waals surface area (Å²) in [6.45, 7) is 5.42. The second-order valence-electron chi connectivity index (χ2n) is 5.81. The van der Waals surface area contributed by atoms with E-state index < -0.39 is 5.41 Å². The van der Waals surface area contributed by atoms with Crippen LogP contribution >= 0.6 is 0 Å². The number of ketones is 1. The molecular weight excluding hydrogens is 306 g/mol. The SMILES string of the molecule is C.CC(=O)C(C)(C)COc1cnc(-c2ccc(C(=N)N)nc2)cn1. The monoisotopic (exact) mass is 329 g/mol. The van der Waals surface area contributed by atoms with Gasteiger partial charge in [-0.3, -0.25) is 15.2 Å². The summed E-state index contributed by atoms with van der Waals surface area (Å²) in [6.07, 6.45) is 4.66. The quantitative estimate of drug-likeness (QED) is 0.621. The van der Waals surface area contributed by atoms with Crippen molar-refractivity contribution in [3.8, 4) is 17.1 Å². The zero-order chi connectivity index (χ0) is 17.0. The standard InChI is InChI=1S/C16H19N5O2.CH4/c1-10(22)16(2,3)9-23-14-8-20-13(7-21-14)11-4-5-12(15(17)18)19-6-11;/h4-8H,9H2,1-3H3,(H3,17,18);1H4. The van der Waals surface area contributed by atoms with Crippen molar-refractivity contribution in [3.63, 3.8) is 0 Å². The average Bonchev–Trinajstić information content (AvgIpc) is 2.53. The molecule has 0 atom stereocenters. The number of amidine groups is 1. The zero-order valence-corrected chi connectivity index (χ0v) is 13.3. The predicted octanol–water partition coefficient (Wildman–Crippen LogP) is 2.45. The number of rotatable bonds is 6. The minimum Gasteiger partial charge on any atom is -0.476 e. The van der Waals surface area contributed by atoms with Gasteiger partial charge in [0.15, 0.2) is 0 Å². The molecule has 0 saturated carbocycles. The van der Waals surface area contributed by atoms with Gasteiger partial charge in [-0.25, -0.2) is 9.97 Å². The molecule has 3 N–H and O–H groups in total. The third-order valence-corrected chi connectivity index (χ3v) is 3.50. The van der Waals surface area contributed by atoms with Gasteiger partial charge in [0.2, 0.25) is 5.88 Å². The van der Waals surface area contributed by atoms with Crippen molar-refractivity contribution in [2.24, 2.45) is 11.1 Å². The lowest BCUT2D eigenvalue weighted by atomic mass is 9.90. The van der Waals surface area contributed by atoms with E-state index in [1.54, 1.807) is 24.5 Å². The molecule has 2 heterocycles. The minimum absolute atomic E-state index is 0. The molecule has 128 valence electrons. The summed E-state index contributed by atoms with van der Waals surface area (Å²) in [5.41, 5.74) is 6.60. The third-order valence-electron chi connectivity index (χ3n) is 3.50. The lowest BCUT2D eigenvalue weighted by molar-refractivity contribution is -0.126. The highest BCUT2D eigenvalue weighted by atomic mass is 16.5. The van der Waals surface area contributed by atoms with Gasteiger partial charge in [-0.15, -0.1) is 0 Å². The zero-order valence-electron chi connectivity index (χ0n) is 13.3.